The summed E-state index contributed by atoms with van der Waals surface area (Å²) in [4.78, 5) is 33.4. The number of aromatic amines is 1. The number of carboxylic acid groups (broad SMARTS) is 1. The first kappa shape index (κ1) is 24.9. The highest BCUT2D eigenvalue weighted by atomic mass is 16.4. The first-order valence-corrected chi connectivity index (χ1v) is 14.0. The summed E-state index contributed by atoms with van der Waals surface area (Å²) in [6.07, 6.45) is 10.1. The number of amides is 1. The molecule has 7 rings (SSSR count). The van der Waals surface area contributed by atoms with Crippen LogP contribution in [-0.2, 0) is 6.42 Å². The first-order valence-electron chi connectivity index (χ1n) is 14.0. The summed E-state index contributed by atoms with van der Waals surface area (Å²) in [6.45, 7) is 6.27. The summed E-state index contributed by atoms with van der Waals surface area (Å²) in [7, 11) is 0. The van der Waals surface area contributed by atoms with Gasteiger partial charge in [0, 0.05) is 16.9 Å². The van der Waals surface area contributed by atoms with Gasteiger partial charge in [0.15, 0.2) is 0 Å². The number of H-pyrrole nitrogens is 1. The number of nitrogens with one attached hydrogen (secondary N) is 2. The van der Waals surface area contributed by atoms with Crippen molar-refractivity contribution in [1.82, 2.24) is 9.97 Å². The molecule has 0 aliphatic heterocycles. The van der Waals surface area contributed by atoms with Crippen LogP contribution in [0.5, 0.6) is 0 Å². The summed E-state index contributed by atoms with van der Waals surface area (Å²) in [5.74, 6) is 2.06. The molecule has 0 unspecified atom stereocenters. The van der Waals surface area contributed by atoms with Crippen molar-refractivity contribution < 1.29 is 14.7 Å². The molecule has 0 saturated heterocycles. The fraction of sp³-hybridized carbons (Fsp3) is 0.469. The number of carbonyl (C=O) groups is 2. The largest absolute Gasteiger partial charge is 0.478 e. The second-order valence-electron chi connectivity index (χ2n) is 12.4. The topological polar surface area (TPSA) is 95.1 Å². The molecule has 1 aromatic heterocycles. The van der Waals surface area contributed by atoms with Gasteiger partial charge >= 0.3 is 5.97 Å². The van der Waals surface area contributed by atoms with Crippen molar-refractivity contribution in [3.8, 4) is 11.4 Å². The van der Waals surface area contributed by atoms with Crippen molar-refractivity contribution in [3.05, 3.63) is 70.0 Å². The Hall–Kier alpha value is -3.41. The molecule has 4 fully saturated rings. The Morgan fingerprint density at radius 1 is 1.00 bits per heavy atom. The van der Waals surface area contributed by atoms with Crippen molar-refractivity contribution in [2.24, 2.45) is 23.2 Å². The van der Waals surface area contributed by atoms with Crippen LogP contribution >= 0.6 is 0 Å². The van der Waals surface area contributed by atoms with Crippen molar-refractivity contribution in [2.45, 2.75) is 72.1 Å². The standard InChI is InChI=1S/C32H37N3O3/c1-18-9-19(2)27(20(3)10-18)29-34-26(7-8-32-15-21-11-22(16-32)13-23(12-21)17-32)28(35-29)30(36)33-25-6-4-5-24(14-25)31(37)38/h4-6,9-10,14,21-23H,7-8,11-13,15-17H2,1-3H3,(H,33,36)(H,34,35)(H,37,38). The maximum absolute atomic E-state index is 13.6. The smallest absolute Gasteiger partial charge is 0.335 e. The molecule has 198 valence electrons. The van der Waals surface area contributed by atoms with Crippen LogP contribution < -0.4 is 5.32 Å². The summed E-state index contributed by atoms with van der Waals surface area (Å²) < 4.78 is 0. The molecule has 3 aromatic rings. The summed E-state index contributed by atoms with van der Waals surface area (Å²) in [5.41, 5.74) is 6.78. The third-order valence-electron chi connectivity index (χ3n) is 9.35. The second-order valence-corrected chi connectivity index (χ2v) is 12.4. The van der Waals surface area contributed by atoms with Gasteiger partial charge in [-0.15, -0.1) is 0 Å². The number of aromatic carboxylic acids is 1. The Balaban J connectivity index is 1.32. The minimum Gasteiger partial charge on any atom is -0.478 e. The molecule has 0 radical (unpaired) electrons. The molecule has 4 aliphatic rings. The van der Waals surface area contributed by atoms with Gasteiger partial charge in [-0.1, -0.05) is 23.8 Å². The average Bonchev–Trinajstić information content (AvgIpc) is 3.25. The number of hydrogen-bond acceptors (Lipinski definition) is 3. The SMILES string of the molecule is Cc1cc(C)c(-c2nc(C(=O)Nc3cccc(C(=O)O)c3)c(CCC34CC5CC(CC(C5)C3)C4)[nH]2)c(C)c1. The van der Waals surface area contributed by atoms with Crippen LogP contribution in [0.2, 0.25) is 0 Å². The van der Waals surface area contributed by atoms with E-state index in [4.69, 9.17) is 4.98 Å². The molecular formula is C32H37N3O3. The molecule has 1 heterocycles. The number of benzene rings is 2. The Morgan fingerprint density at radius 2 is 1.63 bits per heavy atom. The maximum atomic E-state index is 13.6. The highest BCUT2D eigenvalue weighted by Gasteiger charge is 2.50. The van der Waals surface area contributed by atoms with E-state index in [-0.39, 0.29) is 11.5 Å². The van der Waals surface area contributed by atoms with E-state index in [1.165, 1.54) is 56.2 Å². The maximum Gasteiger partial charge on any atom is 0.335 e. The molecule has 1 amide bonds. The van der Waals surface area contributed by atoms with E-state index >= 15 is 0 Å². The number of anilines is 1. The molecular weight excluding hydrogens is 474 g/mol. The van der Waals surface area contributed by atoms with Gasteiger partial charge in [0.1, 0.15) is 11.5 Å². The molecule has 4 aliphatic carbocycles. The van der Waals surface area contributed by atoms with Gasteiger partial charge in [-0.3, -0.25) is 4.79 Å². The molecule has 2 aromatic carbocycles. The van der Waals surface area contributed by atoms with E-state index in [9.17, 15) is 14.7 Å². The molecule has 4 saturated carbocycles. The first-order chi connectivity index (χ1) is 18.2. The van der Waals surface area contributed by atoms with Crippen LogP contribution in [0.3, 0.4) is 0 Å². The van der Waals surface area contributed by atoms with Crippen molar-refractivity contribution in [3.63, 3.8) is 0 Å². The zero-order valence-corrected chi connectivity index (χ0v) is 22.6. The van der Waals surface area contributed by atoms with E-state index < -0.39 is 5.97 Å². The Kier molecular flexibility index (Phi) is 6.16. The van der Waals surface area contributed by atoms with Gasteiger partial charge < -0.3 is 15.4 Å². The van der Waals surface area contributed by atoms with E-state index in [1.54, 1.807) is 12.1 Å². The van der Waals surface area contributed by atoms with E-state index in [1.807, 2.05) is 0 Å². The van der Waals surface area contributed by atoms with Crippen LogP contribution in [0.25, 0.3) is 11.4 Å². The second kappa shape index (κ2) is 9.40. The molecule has 6 heteroatoms. The van der Waals surface area contributed by atoms with Crippen LogP contribution in [0, 0.1) is 43.9 Å². The van der Waals surface area contributed by atoms with E-state index in [2.05, 4.69) is 43.2 Å². The quantitative estimate of drug-likeness (QED) is 0.315. The predicted molar refractivity (Wildman–Crippen MR) is 149 cm³/mol. The molecule has 6 nitrogen and oxygen atoms in total. The molecule has 3 N–H and O–H groups in total. The summed E-state index contributed by atoms with van der Waals surface area (Å²) in [5, 5.41) is 12.3. The lowest BCUT2D eigenvalue weighted by Gasteiger charge is -2.57. The van der Waals surface area contributed by atoms with Crippen LogP contribution in [0.15, 0.2) is 36.4 Å². The number of rotatable bonds is 7. The zero-order valence-electron chi connectivity index (χ0n) is 22.6. The van der Waals surface area contributed by atoms with Crippen molar-refractivity contribution >= 4 is 17.6 Å². The fourth-order valence-corrected chi connectivity index (χ4v) is 8.36. The average molecular weight is 512 g/mol. The van der Waals surface area contributed by atoms with Gasteiger partial charge in [-0.25, -0.2) is 9.78 Å². The fourth-order valence-electron chi connectivity index (χ4n) is 8.36. The number of imidazole rings is 1. The lowest BCUT2D eigenvalue weighted by Crippen LogP contribution is -2.46. The van der Waals surface area contributed by atoms with Crippen molar-refractivity contribution in [2.75, 3.05) is 5.32 Å². The number of nitrogens with zero attached hydrogens (tertiary/aromatic N) is 1. The number of aryl methyl sites for hydroxylation is 4. The van der Waals surface area contributed by atoms with Gasteiger partial charge in [0.25, 0.3) is 5.91 Å². The highest BCUT2D eigenvalue weighted by Crippen LogP contribution is 2.61. The molecule has 0 atom stereocenters. The minimum absolute atomic E-state index is 0.137. The zero-order chi connectivity index (χ0) is 26.6. The van der Waals surface area contributed by atoms with Gasteiger partial charge in [-0.05, 0) is 125 Å². The lowest BCUT2D eigenvalue weighted by molar-refractivity contribution is -0.0570. The van der Waals surface area contributed by atoms with E-state index in [0.717, 1.165) is 58.8 Å². The highest BCUT2D eigenvalue weighted by molar-refractivity contribution is 6.04. The monoisotopic (exact) mass is 511 g/mol. The Labute approximate surface area is 224 Å². The Morgan fingerprint density at radius 3 is 2.24 bits per heavy atom. The minimum atomic E-state index is -1.02. The van der Waals surface area contributed by atoms with Gasteiger partial charge in [-0.2, -0.15) is 0 Å². The van der Waals surface area contributed by atoms with Crippen LogP contribution in [0.1, 0.15) is 88.2 Å². The number of aromatic nitrogens is 2. The number of hydrogen-bond donors (Lipinski definition) is 3. The summed E-state index contributed by atoms with van der Waals surface area (Å²) >= 11 is 0. The van der Waals surface area contributed by atoms with Gasteiger partial charge in [0.2, 0.25) is 0 Å². The number of carbonyl (C=O) groups excluding carboxylic acids is 1. The normalized spacial score (nSPS) is 25.5. The van der Waals surface area contributed by atoms with E-state index in [0.29, 0.717) is 16.8 Å². The van der Waals surface area contributed by atoms with Crippen LogP contribution in [-0.4, -0.2) is 27.0 Å². The predicted octanol–water partition coefficient (Wildman–Crippen LogP) is 7.10. The molecule has 0 spiro atoms. The molecule has 4 bridgehead atoms. The Bertz CT molecular complexity index is 1360. The number of carboxylic acids is 1. The molecule has 38 heavy (non-hydrogen) atoms. The van der Waals surface area contributed by atoms with Crippen LogP contribution in [0.4, 0.5) is 5.69 Å². The third-order valence-corrected chi connectivity index (χ3v) is 9.35. The lowest BCUT2D eigenvalue weighted by atomic mass is 9.48. The third kappa shape index (κ3) is 4.65. The van der Waals surface area contributed by atoms with Crippen molar-refractivity contribution in [1.29, 1.82) is 0 Å². The summed E-state index contributed by atoms with van der Waals surface area (Å²) in [6, 6.07) is 10.7. The van der Waals surface area contributed by atoms with Gasteiger partial charge in [0.05, 0.1) is 5.56 Å².